The number of unbranched alkanes of at least 4 members (excludes halogenated alkanes) is 1. The van der Waals surface area contributed by atoms with Gasteiger partial charge in [-0.2, -0.15) is 0 Å². The molecule has 0 radical (unpaired) electrons. The van der Waals surface area contributed by atoms with Gasteiger partial charge in [-0.3, -0.25) is 0 Å². The molecule has 0 atom stereocenters. The fourth-order valence-corrected chi connectivity index (χ4v) is 1.92. The molecular formula is C15H30N6. The number of hydrogen-bond acceptors (Lipinski definition) is 6. The van der Waals surface area contributed by atoms with Crippen LogP contribution < -0.4 is 16.6 Å². The van der Waals surface area contributed by atoms with Gasteiger partial charge in [0.1, 0.15) is 17.5 Å². The van der Waals surface area contributed by atoms with Crippen molar-refractivity contribution < 1.29 is 0 Å². The second-order valence-corrected chi connectivity index (χ2v) is 6.70. The minimum atomic E-state index is -0.110. The number of nitrogens with one attached hydrogen (secondary N) is 2. The van der Waals surface area contributed by atoms with Crippen molar-refractivity contribution in [1.82, 2.24) is 14.9 Å². The monoisotopic (exact) mass is 294 g/mol. The van der Waals surface area contributed by atoms with Gasteiger partial charge in [0.2, 0.25) is 0 Å². The number of nitrogens with zero attached hydrogens (tertiary/aromatic N) is 3. The first kappa shape index (κ1) is 17.7. The molecule has 21 heavy (non-hydrogen) atoms. The average Bonchev–Trinajstić information content (AvgIpc) is 2.38. The molecule has 0 aliphatic heterocycles. The molecule has 4 N–H and O–H groups in total. The SMILES string of the molecule is Cc1c(NN)nc(C(C)(C)C)nc1NCCCCN(C)C. The van der Waals surface area contributed by atoms with E-state index in [1.807, 2.05) is 6.92 Å². The van der Waals surface area contributed by atoms with Crippen molar-refractivity contribution in [3.05, 3.63) is 11.4 Å². The fourth-order valence-electron chi connectivity index (χ4n) is 1.92. The lowest BCUT2D eigenvalue weighted by Gasteiger charge is -2.20. The summed E-state index contributed by atoms with van der Waals surface area (Å²) in [5, 5.41) is 3.41. The molecule has 6 nitrogen and oxygen atoms in total. The number of hydrogen-bond donors (Lipinski definition) is 3. The van der Waals surface area contributed by atoms with Crippen LogP contribution in [0.15, 0.2) is 0 Å². The van der Waals surface area contributed by atoms with Crippen molar-refractivity contribution in [2.45, 2.75) is 46.0 Å². The lowest BCUT2D eigenvalue weighted by atomic mass is 9.95. The highest BCUT2D eigenvalue weighted by atomic mass is 15.3. The predicted molar refractivity (Wildman–Crippen MR) is 89.6 cm³/mol. The molecule has 0 saturated carbocycles. The first-order valence-electron chi connectivity index (χ1n) is 7.50. The van der Waals surface area contributed by atoms with Crippen molar-refractivity contribution in [2.75, 3.05) is 37.9 Å². The highest BCUT2D eigenvalue weighted by Crippen LogP contribution is 2.25. The molecule has 0 aliphatic rings. The summed E-state index contributed by atoms with van der Waals surface area (Å²) >= 11 is 0. The van der Waals surface area contributed by atoms with Gasteiger partial charge in [0, 0.05) is 17.5 Å². The molecule has 0 aliphatic carbocycles. The Bertz CT molecular complexity index is 450. The van der Waals surface area contributed by atoms with E-state index in [0.29, 0.717) is 5.82 Å². The van der Waals surface area contributed by atoms with Gasteiger partial charge in [0.15, 0.2) is 0 Å². The molecule has 1 rings (SSSR count). The second kappa shape index (κ2) is 7.56. The van der Waals surface area contributed by atoms with Crippen molar-refractivity contribution >= 4 is 11.6 Å². The van der Waals surface area contributed by atoms with Crippen molar-refractivity contribution in [1.29, 1.82) is 0 Å². The molecule has 120 valence electrons. The number of nitrogens with two attached hydrogens (primary N) is 1. The molecule has 0 aromatic carbocycles. The van der Waals surface area contributed by atoms with E-state index in [4.69, 9.17) is 5.84 Å². The highest BCUT2D eigenvalue weighted by molar-refractivity contribution is 5.57. The maximum absolute atomic E-state index is 5.57. The zero-order chi connectivity index (χ0) is 16.0. The molecule has 1 aromatic rings. The number of rotatable bonds is 7. The smallest absolute Gasteiger partial charge is 0.148 e. The topological polar surface area (TPSA) is 79.1 Å². The van der Waals surface area contributed by atoms with E-state index < -0.39 is 0 Å². The number of aromatic nitrogens is 2. The van der Waals surface area contributed by atoms with Crippen LogP contribution >= 0.6 is 0 Å². The van der Waals surface area contributed by atoms with Crippen LogP contribution in [0.1, 0.15) is 45.0 Å². The molecule has 0 spiro atoms. The summed E-state index contributed by atoms with van der Waals surface area (Å²) in [5.74, 6) is 7.91. The third kappa shape index (κ3) is 5.47. The van der Waals surface area contributed by atoms with E-state index in [1.54, 1.807) is 0 Å². The lowest BCUT2D eigenvalue weighted by molar-refractivity contribution is 0.396. The zero-order valence-electron chi connectivity index (χ0n) is 14.2. The van der Waals surface area contributed by atoms with Crippen LogP contribution in [0.25, 0.3) is 0 Å². The Morgan fingerprint density at radius 3 is 2.24 bits per heavy atom. The third-order valence-corrected chi connectivity index (χ3v) is 3.28. The lowest BCUT2D eigenvalue weighted by Crippen LogP contribution is -2.21. The summed E-state index contributed by atoms with van der Waals surface area (Å²) in [6.45, 7) is 10.3. The normalized spacial score (nSPS) is 11.8. The summed E-state index contributed by atoms with van der Waals surface area (Å²) in [7, 11) is 4.19. The number of nitrogen functional groups attached to an aromatic ring is 1. The first-order valence-corrected chi connectivity index (χ1v) is 7.50. The summed E-state index contributed by atoms with van der Waals surface area (Å²) in [6, 6.07) is 0. The van der Waals surface area contributed by atoms with Crippen LogP contribution in [-0.4, -0.2) is 42.1 Å². The molecule has 0 unspecified atom stereocenters. The van der Waals surface area contributed by atoms with Gasteiger partial charge < -0.3 is 15.6 Å². The Balaban J connectivity index is 2.76. The van der Waals surface area contributed by atoms with E-state index in [-0.39, 0.29) is 5.41 Å². The van der Waals surface area contributed by atoms with Crippen molar-refractivity contribution in [3.63, 3.8) is 0 Å². The Kier molecular flexibility index (Phi) is 6.36. The second-order valence-electron chi connectivity index (χ2n) is 6.70. The number of anilines is 2. The summed E-state index contributed by atoms with van der Waals surface area (Å²) in [5.41, 5.74) is 3.51. The third-order valence-electron chi connectivity index (χ3n) is 3.28. The van der Waals surface area contributed by atoms with Gasteiger partial charge in [-0.25, -0.2) is 15.8 Å². The zero-order valence-corrected chi connectivity index (χ0v) is 14.2. The largest absolute Gasteiger partial charge is 0.370 e. The van der Waals surface area contributed by atoms with E-state index in [1.165, 1.54) is 0 Å². The van der Waals surface area contributed by atoms with E-state index >= 15 is 0 Å². The first-order chi connectivity index (χ1) is 9.75. The van der Waals surface area contributed by atoms with Crippen molar-refractivity contribution in [2.24, 2.45) is 5.84 Å². The standard InChI is InChI=1S/C15H30N6/c1-11-12(17-9-7-8-10-21(5)6)18-14(15(2,3)4)19-13(11)20-16/h7-10,16H2,1-6H3,(H2,17,18,19,20). The Labute approximate surface area is 128 Å². The minimum absolute atomic E-state index is 0.110. The summed E-state index contributed by atoms with van der Waals surface area (Å²) in [6.07, 6.45) is 2.27. The van der Waals surface area contributed by atoms with E-state index in [2.05, 4.69) is 60.5 Å². The average molecular weight is 294 g/mol. The van der Waals surface area contributed by atoms with Gasteiger partial charge in [0.25, 0.3) is 0 Å². The molecule has 0 amide bonds. The molecule has 1 heterocycles. The van der Waals surface area contributed by atoms with E-state index in [9.17, 15) is 0 Å². The minimum Gasteiger partial charge on any atom is -0.370 e. The molecule has 6 heteroatoms. The molecule has 0 saturated heterocycles. The fraction of sp³-hybridized carbons (Fsp3) is 0.733. The summed E-state index contributed by atoms with van der Waals surface area (Å²) in [4.78, 5) is 11.4. The highest BCUT2D eigenvalue weighted by Gasteiger charge is 2.20. The molecule has 0 bridgehead atoms. The maximum atomic E-state index is 5.57. The van der Waals surface area contributed by atoms with Gasteiger partial charge in [-0.1, -0.05) is 20.8 Å². The quantitative estimate of drug-likeness (QED) is 0.406. The van der Waals surface area contributed by atoms with Gasteiger partial charge >= 0.3 is 0 Å². The maximum Gasteiger partial charge on any atom is 0.148 e. The number of hydrazine groups is 1. The molecular weight excluding hydrogens is 264 g/mol. The van der Waals surface area contributed by atoms with Crippen molar-refractivity contribution in [3.8, 4) is 0 Å². The van der Waals surface area contributed by atoms with E-state index in [0.717, 1.165) is 43.1 Å². The van der Waals surface area contributed by atoms with Crippen LogP contribution in [0.4, 0.5) is 11.6 Å². The Morgan fingerprint density at radius 1 is 1.10 bits per heavy atom. The van der Waals surface area contributed by atoms with Gasteiger partial charge in [-0.15, -0.1) is 0 Å². The van der Waals surface area contributed by atoms with Crippen LogP contribution in [-0.2, 0) is 5.41 Å². The Morgan fingerprint density at radius 2 is 1.71 bits per heavy atom. The Hall–Kier alpha value is -1.40. The van der Waals surface area contributed by atoms with Gasteiger partial charge in [0.05, 0.1) is 0 Å². The molecule has 1 aromatic heterocycles. The summed E-state index contributed by atoms with van der Waals surface area (Å²) < 4.78 is 0. The molecule has 0 fully saturated rings. The van der Waals surface area contributed by atoms with Gasteiger partial charge in [-0.05, 0) is 40.4 Å². The van der Waals surface area contributed by atoms with Crippen LogP contribution in [0, 0.1) is 6.92 Å². The predicted octanol–water partition coefficient (Wildman–Crippen LogP) is 2.12. The van der Waals surface area contributed by atoms with Crippen LogP contribution in [0.3, 0.4) is 0 Å². The van der Waals surface area contributed by atoms with Crippen LogP contribution in [0.2, 0.25) is 0 Å². The van der Waals surface area contributed by atoms with Crippen LogP contribution in [0.5, 0.6) is 0 Å².